The normalized spacial score (nSPS) is 23.7. The van der Waals surface area contributed by atoms with E-state index in [2.05, 4.69) is 10.3 Å². The number of nitrogens with one attached hydrogen (secondary N) is 1. The maximum atomic E-state index is 13.9. The fraction of sp³-hybridized carbons (Fsp3) is 0.385. The number of nitro benzene ring substituents is 1. The van der Waals surface area contributed by atoms with Crippen LogP contribution in [0.3, 0.4) is 0 Å². The van der Waals surface area contributed by atoms with Crippen LogP contribution in [0.4, 0.5) is 11.5 Å². The Morgan fingerprint density at radius 1 is 1.10 bits per heavy atom. The molecule has 2 amide bonds. The molecule has 214 valence electrons. The van der Waals surface area contributed by atoms with Crippen molar-refractivity contribution in [3.8, 4) is 0 Å². The lowest BCUT2D eigenvalue weighted by molar-refractivity contribution is -0.392. The van der Waals surface area contributed by atoms with Crippen molar-refractivity contribution in [2.24, 2.45) is 11.8 Å². The van der Waals surface area contributed by atoms with Gasteiger partial charge in [0.15, 0.2) is 5.82 Å². The number of non-ortho nitro benzene ring substituents is 1. The Hall–Kier alpha value is -4.92. The number of benzene rings is 1. The van der Waals surface area contributed by atoms with E-state index in [0.717, 1.165) is 16.7 Å². The second kappa shape index (κ2) is 9.92. The van der Waals surface area contributed by atoms with Gasteiger partial charge in [-0.3, -0.25) is 34.7 Å². The number of likely N-dealkylation sites (tertiary alicyclic amines) is 1. The highest BCUT2D eigenvalue weighted by Crippen LogP contribution is 2.50. The number of fused-ring (bicyclic) bond motifs is 1. The van der Waals surface area contributed by atoms with Crippen LogP contribution in [0.1, 0.15) is 34.5 Å². The first-order valence-corrected chi connectivity index (χ1v) is 12.7. The summed E-state index contributed by atoms with van der Waals surface area (Å²) < 4.78 is 7.14. The van der Waals surface area contributed by atoms with Crippen LogP contribution in [0.25, 0.3) is 0 Å². The average Bonchev–Trinajstić information content (AvgIpc) is 3.62. The Morgan fingerprint density at radius 2 is 1.78 bits per heavy atom. The third-order valence-electron chi connectivity index (χ3n) is 8.02. The smallest absolute Gasteiger partial charge is 0.342 e. The number of aromatic nitrogens is 2. The molecule has 0 saturated carbocycles. The molecule has 1 aromatic carbocycles. The molecular weight excluding hydrogens is 540 g/mol. The van der Waals surface area contributed by atoms with Crippen LogP contribution in [-0.4, -0.2) is 59.3 Å². The van der Waals surface area contributed by atoms with Crippen LogP contribution in [-0.2, 0) is 27.3 Å². The number of amides is 2. The molecular formula is C26H26N6O9. The molecule has 15 heteroatoms. The van der Waals surface area contributed by atoms with Gasteiger partial charge in [-0.05, 0) is 36.0 Å². The number of carbonyl (C=O) groups is 3. The summed E-state index contributed by atoms with van der Waals surface area (Å²) in [4.78, 5) is 66.9. The van der Waals surface area contributed by atoms with Crippen LogP contribution in [0, 0.1) is 52.8 Å². The minimum atomic E-state index is -1.96. The first kappa shape index (κ1) is 27.6. The van der Waals surface area contributed by atoms with Crippen LogP contribution in [0.15, 0.2) is 40.9 Å². The topological polar surface area (TPSA) is 204 Å². The molecule has 2 aliphatic heterocycles. The minimum Gasteiger partial charge on any atom is -0.480 e. The number of nitro groups is 2. The van der Waals surface area contributed by atoms with Crippen molar-refractivity contribution in [3.63, 3.8) is 0 Å². The molecule has 2 saturated heterocycles. The van der Waals surface area contributed by atoms with Gasteiger partial charge in [0.2, 0.25) is 11.8 Å². The molecule has 2 N–H and O–H groups in total. The number of rotatable bonds is 9. The lowest BCUT2D eigenvalue weighted by Gasteiger charge is -2.31. The second-order valence-corrected chi connectivity index (χ2v) is 10.3. The molecule has 2 fully saturated rings. The number of hydrogen-bond donors (Lipinski definition) is 2. The van der Waals surface area contributed by atoms with Crippen molar-refractivity contribution < 1.29 is 33.8 Å². The third kappa shape index (κ3) is 4.43. The Kier molecular flexibility index (Phi) is 6.69. The number of furan rings is 1. The van der Waals surface area contributed by atoms with Gasteiger partial charge in [0, 0.05) is 25.5 Å². The fourth-order valence-corrected chi connectivity index (χ4v) is 5.85. The van der Waals surface area contributed by atoms with E-state index in [1.54, 1.807) is 26.8 Å². The number of carbonyl (C=O) groups excluding carboxylic acids is 2. The van der Waals surface area contributed by atoms with Gasteiger partial charge >= 0.3 is 11.8 Å². The summed E-state index contributed by atoms with van der Waals surface area (Å²) in [7, 11) is 0. The summed E-state index contributed by atoms with van der Waals surface area (Å²) in [5.74, 6) is -4.36. The van der Waals surface area contributed by atoms with E-state index >= 15 is 0 Å². The first-order valence-electron chi connectivity index (χ1n) is 12.7. The van der Waals surface area contributed by atoms with Crippen molar-refractivity contribution in [2.45, 2.75) is 45.3 Å². The van der Waals surface area contributed by atoms with E-state index in [9.17, 15) is 39.7 Å². The fourth-order valence-electron chi connectivity index (χ4n) is 5.85. The molecule has 2 aromatic heterocycles. The van der Waals surface area contributed by atoms with Crippen molar-refractivity contribution in [2.75, 3.05) is 6.54 Å². The maximum absolute atomic E-state index is 13.9. The number of imide groups is 1. The minimum absolute atomic E-state index is 0.113. The van der Waals surface area contributed by atoms with E-state index in [1.807, 2.05) is 0 Å². The molecule has 15 nitrogen and oxygen atoms in total. The van der Waals surface area contributed by atoms with Gasteiger partial charge < -0.3 is 19.6 Å². The zero-order valence-corrected chi connectivity index (χ0v) is 22.3. The monoisotopic (exact) mass is 566 g/mol. The molecule has 4 heterocycles. The molecule has 2 aliphatic rings. The predicted octanol–water partition coefficient (Wildman–Crippen LogP) is 2.23. The summed E-state index contributed by atoms with van der Waals surface area (Å²) in [5, 5.41) is 36.1. The number of nitrogens with zero attached hydrogens (tertiary/aromatic N) is 5. The standard InChI is InChI=1S/C26H26N6O9/c1-13-10-18(41-14(13)2)22-20-21(26(28-22,25(35)36)11-16-4-6-17(7-5-16)31(37)38)24(34)30(23(20)33)9-8-29-15(3)27-12-19(29)32(39)40/h4-7,10,12,20-22,28H,8-9,11H2,1-3H3,(H,35,36). The molecule has 41 heavy (non-hydrogen) atoms. The summed E-state index contributed by atoms with van der Waals surface area (Å²) in [6.45, 7) is 4.72. The molecule has 5 rings (SSSR count). The lowest BCUT2D eigenvalue weighted by Crippen LogP contribution is -2.57. The van der Waals surface area contributed by atoms with Crippen molar-refractivity contribution in [1.29, 1.82) is 0 Å². The summed E-state index contributed by atoms with van der Waals surface area (Å²) >= 11 is 0. The van der Waals surface area contributed by atoms with Gasteiger partial charge in [0.1, 0.15) is 29.8 Å². The molecule has 3 aromatic rings. The number of carboxylic acids is 1. The average molecular weight is 567 g/mol. The molecule has 0 spiro atoms. The van der Waals surface area contributed by atoms with Crippen LogP contribution in [0.2, 0.25) is 0 Å². The molecule has 4 unspecified atom stereocenters. The molecule has 0 bridgehead atoms. The Bertz CT molecular complexity index is 1570. The van der Waals surface area contributed by atoms with Gasteiger partial charge in [0.25, 0.3) is 5.69 Å². The highest BCUT2D eigenvalue weighted by molar-refractivity contribution is 6.09. The van der Waals surface area contributed by atoms with Gasteiger partial charge in [-0.15, -0.1) is 0 Å². The molecule has 0 radical (unpaired) electrons. The lowest BCUT2D eigenvalue weighted by atomic mass is 9.76. The van der Waals surface area contributed by atoms with Crippen molar-refractivity contribution in [1.82, 2.24) is 19.8 Å². The second-order valence-electron chi connectivity index (χ2n) is 10.3. The summed E-state index contributed by atoms with van der Waals surface area (Å²) in [6.07, 6.45) is 0.828. The molecule has 0 aliphatic carbocycles. The maximum Gasteiger partial charge on any atom is 0.342 e. The first-order chi connectivity index (χ1) is 19.4. The van der Waals surface area contributed by atoms with Gasteiger partial charge in [-0.2, -0.15) is 0 Å². The SMILES string of the molecule is Cc1cc(C2NC(Cc3ccc([N+](=O)[O-])cc3)(C(=O)O)C3C(=O)N(CCn4c([N+](=O)[O-])cnc4C)C(=O)C23)oc1C. The van der Waals surface area contributed by atoms with Crippen LogP contribution in [0.5, 0.6) is 0 Å². The van der Waals surface area contributed by atoms with E-state index in [-0.39, 0.29) is 31.0 Å². The Labute approximate surface area is 232 Å². The summed E-state index contributed by atoms with van der Waals surface area (Å²) in [6, 6.07) is 6.02. The number of carboxylic acid groups (broad SMARTS) is 1. The van der Waals surface area contributed by atoms with Crippen molar-refractivity contribution in [3.05, 3.63) is 85.2 Å². The van der Waals surface area contributed by atoms with E-state index in [4.69, 9.17) is 4.42 Å². The quantitative estimate of drug-likeness (QED) is 0.218. The van der Waals surface area contributed by atoms with E-state index in [1.165, 1.54) is 28.8 Å². The Morgan fingerprint density at radius 3 is 2.34 bits per heavy atom. The van der Waals surface area contributed by atoms with Crippen LogP contribution < -0.4 is 5.32 Å². The number of aryl methyl sites for hydroxylation is 3. The number of imidazole rings is 1. The third-order valence-corrected chi connectivity index (χ3v) is 8.02. The zero-order chi connectivity index (χ0) is 29.8. The summed E-state index contributed by atoms with van der Waals surface area (Å²) in [5.41, 5.74) is -0.964. The van der Waals surface area contributed by atoms with Crippen LogP contribution >= 0.6 is 0 Å². The number of hydrogen-bond acceptors (Lipinski definition) is 10. The highest BCUT2D eigenvalue weighted by Gasteiger charge is 2.69. The molecule has 4 atom stereocenters. The van der Waals surface area contributed by atoms with E-state index in [0.29, 0.717) is 22.9 Å². The number of aliphatic carboxylic acids is 1. The predicted molar refractivity (Wildman–Crippen MR) is 139 cm³/mol. The highest BCUT2D eigenvalue weighted by atomic mass is 16.6. The van der Waals surface area contributed by atoms with E-state index < -0.39 is 51.0 Å². The van der Waals surface area contributed by atoms with Crippen molar-refractivity contribution >= 4 is 29.3 Å². The van der Waals surface area contributed by atoms with Gasteiger partial charge in [-0.1, -0.05) is 12.1 Å². The zero-order valence-electron chi connectivity index (χ0n) is 22.3. The Balaban J connectivity index is 1.54. The van der Waals surface area contributed by atoms with Gasteiger partial charge in [-0.25, -0.2) is 9.55 Å². The largest absolute Gasteiger partial charge is 0.480 e. The van der Waals surface area contributed by atoms with Gasteiger partial charge in [0.05, 0.1) is 29.3 Å².